The predicted octanol–water partition coefficient (Wildman–Crippen LogP) is 3.11. The molecule has 2 N–H and O–H groups in total. The number of hydrogen-bond donors (Lipinski definition) is 2. The number of nitrogens with zero attached hydrogens (tertiary/aromatic N) is 3. The van der Waals surface area contributed by atoms with E-state index in [0.717, 1.165) is 51.1 Å². The zero-order chi connectivity index (χ0) is 18.6. The summed E-state index contributed by atoms with van der Waals surface area (Å²) in [7, 11) is 0. The highest BCUT2D eigenvalue weighted by molar-refractivity contribution is 5.74. The summed E-state index contributed by atoms with van der Waals surface area (Å²) < 4.78 is 14.0. The molecule has 0 radical (unpaired) electrons. The average Bonchev–Trinajstić information content (AvgIpc) is 3.24. The molecule has 3 heterocycles. The number of urea groups is 1. The van der Waals surface area contributed by atoms with Gasteiger partial charge in [-0.05, 0) is 37.8 Å². The lowest BCUT2D eigenvalue weighted by atomic mass is 9.97. The third-order valence-electron chi connectivity index (χ3n) is 5.63. The van der Waals surface area contributed by atoms with E-state index in [9.17, 15) is 9.18 Å². The van der Waals surface area contributed by atoms with Crippen LogP contribution in [0.3, 0.4) is 0 Å². The van der Waals surface area contributed by atoms with Gasteiger partial charge in [-0.2, -0.15) is 0 Å². The van der Waals surface area contributed by atoms with Crippen molar-refractivity contribution in [2.45, 2.75) is 37.6 Å². The molecule has 0 bridgehead atoms. The molecule has 6 nitrogen and oxygen atoms in total. The van der Waals surface area contributed by atoms with E-state index in [1.54, 1.807) is 12.3 Å². The minimum atomic E-state index is -0.183. The van der Waals surface area contributed by atoms with Crippen LogP contribution >= 0.6 is 0 Å². The van der Waals surface area contributed by atoms with Crippen molar-refractivity contribution in [3.8, 4) is 0 Å². The van der Waals surface area contributed by atoms with Crippen molar-refractivity contribution in [3.63, 3.8) is 0 Å². The van der Waals surface area contributed by atoms with Crippen molar-refractivity contribution in [2.75, 3.05) is 31.1 Å². The molecule has 7 heteroatoms. The van der Waals surface area contributed by atoms with Gasteiger partial charge in [0, 0.05) is 50.5 Å². The lowest BCUT2D eigenvalue weighted by molar-refractivity contribution is 0.173. The fraction of sp³-hybridized carbons (Fsp3) is 0.500. The number of piperidine rings is 2. The first-order valence-corrected chi connectivity index (χ1v) is 9.75. The number of nitrogens with one attached hydrogen (secondary N) is 2. The van der Waals surface area contributed by atoms with Gasteiger partial charge in [0.15, 0.2) is 0 Å². The first kappa shape index (κ1) is 17.8. The van der Waals surface area contributed by atoms with E-state index in [-0.39, 0.29) is 23.8 Å². The number of para-hydroxylation sites is 1. The summed E-state index contributed by atoms with van der Waals surface area (Å²) in [6.45, 7) is 2.99. The normalized spacial score (nSPS) is 21.3. The zero-order valence-corrected chi connectivity index (χ0v) is 15.4. The van der Waals surface area contributed by atoms with E-state index in [1.807, 2.05) is 23.2 Å². The first-order chi connectivity index (χ1) is 13.2. The predicted molar refractivity (Wildman–Crippen MR) is 102 cm³/mol. The second-order valence-electron chi connectivity index (χ2n) is 7.42. The maximum atomic E-state index is 14.0. The number of amides is 2. The van der Waals surface area contributed by atoms with Crippen LogP contribution in [0.25, 0.3) is 0 Å². The van der Waals surface area contributed by atoms with Gasteiger partial charge in [-0.1, -0.05) is 12.1 Å². The molecule has 27 heavy (non-hydrogen) atoms. The lowest BCUT2D eigenvalue weighted by Crippen LogP contribution is -2.51. The number of hydrogen-bond acceptors (Lipinski definition) is 3. The molecule has 144 valence electrons. The van der Waals surface area contributed by atoms with Crippen molar-refractivity contribution in [1.29, 1.82) is 0 Å². The van der Waals surface area contributed by atoms with Crippen molar-refractivity contribution in [2.24, 2.45) is 0 Å². The third kappa shape index (κ3) is 4.07. The minimum absolute atomic E-state index is 0.00981. The molecule has 0 spiro atoms. The molecule has 0 aliphatic carbocycles. The van der Waals surface area contributed by atoms with Gasteiger partial charge in [-0.25, -0.2) is 14.2 Å². The summed E-state index contributed by atoms with van der Waals surface area (Å²) >= 11 is 0. The average molecular weight is 371 g/mol. The smallest absolute Gasteiger partial charge is 0.317 e. The van der Waals surface area contributed by atoms with Gasteiger partial charge in [0.1, 0.15) is 11.6 Å². The maximum Gasteiger partial charge on any atom is 0.317 e. The van der Waals surface area contributed by atoms with E-state index >= 15 is 0 Å². The monoisotopic (exact) mass is 371 g/mol. The van der Waals surface area contributed by atoms with Crippen LogP contribution in [0.1, 0.15) is 37.4 Å². The van der Waals surface area contributed by atoms with Crippen molar-refractivity contribution < 1.29 is 9.18 Å². The molecule has 2 aliphatic rings. The first-order valence-electron chi connectivity index (χ1n) is 9.75. The van der Waals surface area contributed by atoms with Crippen molar-refractivity contribution in [1.82, 2.24) is 20.2 Å². The van der Waals surface area contributed by atoms with Gasteiger partial charge in [0.2, 0.25) is 0 Å². The van der Waals surface area contributed by atoms with Crippen LogP contribution in [-0.2, 0) is 0 Å². The number of aromatic amines is 1. The van der Waals surface area contributed by atoms with E-state index in [1.165, 1.54) is 6.07 Å². The number of rotatable bonds is 3. The van der Waals surface area contributed by atoms with Crippen LogP contribution in [0.4, 0.5) is 14.9 Å². The SMILES string of the molecule is O=C(NC1CCN(c2ccccc2F)CC1)N1CCC[C@@H](c2ncc[nH]2)C1. The highest BCUT2D eigenvalue weighted by Gasteiger charge is 2.28. The number of aromatic nitrogens is 2. The van der Waals surface area contributed by atoms with Crippen LogP contribution < -0.4 is 10.2 Å². The molecular formula is C20H26FN5O. The highest BCUT2D eigenvalue weighted by Crippen LogP contribution is 2.25. The Balaban J connectivity index is 1.29. The van der Waals surface area contributed by atoms with Crippen LogP contribution in [0.5, 0.6) is 0 Å². The van der Waals surface area contributed by atoms with Gasteiger partial charge in [0.05, 0.1) is 5.69 Å². The Labute approximate surface area is 158 Å². The number of benzene rings is 1. The Hall–Kier alpha value is -2.57. The maximum absolute atomic E-state index is 14.0. The topological polar surface area (TPSA) is 64.3 Å². The molecule has 0 unspecified atom stereocenters. The van der Waals surface area contributed by atoms with Crippen molar-refractivity contribution in [3.05, 3.63) is 48.3 Å². The van der Waals surface area contributed by atoms with Gasteiger partial charge in [0.25, 0.3) is 0 Å². The fourth-order valence-electron chi connectivity index (χ4n) is 4.12. The summed E-state index contributed by atoms with van der Waals surface area (Å²) in [5.74, 6) is 1.06. The molecule has 0 saturated carbocycles. The quantitative estimate of drug-likeness (QED) is 0.871. The summed E-state index contributed by atoms with van der Waals surface area (Å²) in [4.78, 5) is 24.2. The number of carbonyl (C=O) groups is 1. The molecule has 2 amide bonds. The van der Waals surface area contributed by atoms with E-state index in [4.69, 9.17) is 0 Å². The van der Waals surface area contributed by atoms with Crippen LogP contribution in [0.2, 0.25) is 0 Å². The number of likely N-dealkylation sites (tertiary alicyclic amines) is 1. The number of H-pyrrole nitrogens is 1. The summed E-state index contributed by atoms with van der Waals surface area (Å²) in [5.41, 5.74) is 0.652. The van der Waals surface area contributed by atoms with Crippen LogP contribution in [-0.4, -0.2) is 53.1 Å². The number of halogens is 1. The number of anilines is 1. The van der Waals surface area contributed by atoms with Crippen molar-refractivity contribution >= 4 is 11.7 Å². The number of carbonyl (C=O) groups excluding carboxylic acids is 1. The molecular weight excluding hydrogens is 345 g/mol. The second-order valence-corrected chi connectivity index (χ2v) is 7.42. The Morgan fingerprint density at radius 3 is 2.74 bits per heavy atom. The Bertz CT molecular complexity index is 757. The van der Waals surface area contributed by atoms with E-state index in [2.05, 4.69) is 20.2 Å². The van der Waals surface area contributed by atoms with Crippen LogP contribution in [0.15, 0.2) is 36.7 Å². The Morgan fingerprint density at radius 1 is 1.19 bits per heavy atom. The molecule has 1 atom stereocenters. The Kier molecular flexibility index (Phi) is 5.27. The highest BCUT2D eigenvalue weighted by atomic mass is 19.1. The molecule has 2 aliphatic heterocycles. The largest absolute Gasteiger partial charge is 0.369 e. The van der Waals surface area contributed by atoms with Crippen LogP contribution in [0, 0.1) is 5.82 Å². The van der Waals surface area contributed by atoms with Gasteiger partial charge in [-0.3, -0.25) is 0 Å². The molecule has 2 fully saturated rings. The summed E-state index contributed by atoms with van der Waals surface area (Å²) in [5, 5.41) is 3.18. The minimum Gasteiger partial charge on any atom is -0.369 e. The summed E-state index contributed by atoms with van der Waals surface area (Å²) in [6, 6.07) is 7.03. The molecule has 1 aromatic carbocycles. The standard InChI is InChI=1S/C20H26FN5O/c21-17-5-1-2-6-18(17)25-12-7-16(8-13-25)24-20(27)26-11-3-4-15(14-26)19-22-9-10-23-19/h1-2,5-6,9-10,15-16H,3-4,7-8,11-14H2,(H,22,23)(H,24,27)/t15-/m1/s1. The fourth-order valence-corrected chi connectivity index (χ4v) is 4.12. The molecule has 2 aromatic rings. The number of imidazole rings is 1. The Morgan fingerprint density at radius 2 is 2.00 bits per heavy atom. The lowest BCUT2D eigenvalue weighted by Gasteiger charge is -2.36. The zero-order valence-electron chi connectivity index (χ0n) is 15.4. The van der Waals surface area contributed by atoms with Gasteiger partial charge in [-0.15, -0.1) is 0 Å². The van der Waals surface area contributed by atoms with Gasteiger partial charge < -0.3 is 20.1 Å². The third-order valence-corrected chi connectivity index (χ3v) is 5.63. The molecule has 2 saturated heterocycles. The van der Waals surface area contributed by atoms with E-state index < -0.39 is 0 Å². The second kappa shape index (κ2) is 7.98. The molecule has 1 aromatic heterocycles. The summed E-state index contributed by atoms with van der Waals surface area (Å²) in [6.07, 6.45) is 7.29. The van der Waals surface area contributed by atoms with E-state index in [0.29, 0.717) is 12.2 Å². The van der Waals surface area contributed by atoms with Gasteiger partial charge >= 0.3 is 6.03 Å². The molecule has 4 rings (SSSR count).